The molecule has 0 rings (SSSR count). The topological polar surface area (TPSA) is 104 Å². The molecule has 1 amide bonds. The van der Waals surface area contributed by atoms with E-state index in [2.05, 4.69) is 104 Å². The van der Waals surface area contributed by atoms with Gasteiger partial charge >= 0.3 is 0 Å². The number of amides is 1. The fourth-order valence-corrected chi connectivity index (χ4v) is 6.55. The van der Waals surface area contributed by atoms with Crippen LogP contribution in [0.3, 0.4) is 0 Å². The zero-order valence-corrected chi connectivity index (χ0v) is 35.1. The Bertz CT molecular complexity index is 1210. The second kappa shape index (κ2) is 39.9. The molecule has 2 atom stereocenters. The zero-order valence-electron chi connectivity index (χ0n) is 34.3. The molecule has 0 aliphatic heterocycles. The van der Waals surface area contributed by atoms with E-state index >= 15 is 0 Å². The molecule has 0 aromatic carbocycles. The fraction of sp³-hybridized carbons (Fsp3) is 0.638. The molecule has 0 fully saturated rings. The van der Waals surface area contributed by atoms with Crippen molar-refractivity contribution in [2.75, 3.05) is 5.75 Å². The highest BCUT2D eigenvalue weighted by Crippen LogP contribution is 2.12. The largest absolute Gasteiger partial charge is 0.387 e. The van der Waals surface area contributed by atoms with Gasteiger partial charge in [0.2, 0.25) is 5.91 Å². The molecule has 0 radical (unpaired) electrons. The predicted octanol–water partition coefficient (Wildman–Crippen LogP) is 13.0. The maximum absolute atomic E-state index is 12.5. The lowest BCUT2D eigenvalue weighted by molar-refractivity contribution is -0.122. The lowest BCUT2D eigenvalue weighted by atomic mass is 10.1. The van der Waals surface area contributed by atoms with Crippen LogP contribution in [0.5, 0.6) is 0 Å². The average molecular weight is 770 g/mol. The van der Waals surface area contributed by atoms with Gasteiger partial charge in [-0.15, -0.1) is 0 Å². The van der Waals surface area contributed by atoms with Crippen molar-refractivity contribution >= 4 is 16.0 Å². The molecular formula is C47H79NO5S. The van der Waals surface area contributed by atoms with Crippen LogP contribution in [-0.4, -0.2) is 41.9 Å². The quantitative estimate of drug-likeness (QED) is 0.0332. The monoisotopic (exact) mass is 770 g/mol. The molecule has 308 valence electrons. The summed E-state index contributed by atoms with van der Waals surface area (Å²) in [6.07, 6.45) is 59.6. The van der Waals surface area contributed by atoms with Crippen molar-refractivity contribution in [2.45, 2.75) is 187 Å². The number of aliphatic hydroxyl groups excluding tert-OH is 1. The van der Waals surface area contributed by atoms with Gasteiger partial charge in [-0.25, -0.2) is 0 Å². The first-order valence-electron chi connectivity index (χ1n) is 21.4. The van der Waals surface area contributed by atoms with E-state index in [-0.39, 0.29) is 12.3 Å². The van der Waals surface area contributed by atoms with Gasteiger partial charge in [-0.1, -0.05) is 182 Å². The number of hydrogen-bond donors (Lipinski definition) is 3. The van der Waals surface area contributed by atoms with Crippen molar-refractivity contribution in [3.63, 3.8) is 0 Å². The summed E-state index contributed by atoms with van der Waals surface area (Å²) in [6, 6.07) is -1.09. The average Bonchev–Trinajstić information content (AvgIpc) is 3.14. The third-order valence-electron chi connectivity index (χ3n) is 8.99. The van der Waals surface area contributed by atoms with Crippen molar-refractivity contribution in [1.82, 2.24) is 5.32 Å². The molecule has 0 aliphatic carbocycles. The van der Waals surface area contributed by atoms with E-state index in [0.717, 1.165) is 77.0 Å². The van der Waals surface area contributed by atoms with Crippen LogP contribution in [-0.2, 0) is 14.9 Å². The highest BCUT2D eigenvalue weighted by molar-refractivity contribution is 7.85. The van der Waals surface area contributed by atoms with Gasteiger partial charge in [-0.05, 0) is 83.5 Å². The molecule has 0 saturated heterocycles. The van der Waals surface area contributed by atoms with Gasteiger partial charge in [0, 0.05) is 6.42 Å². The van der Waals surface area contributed by atoms with Crippen LogP contribution in [0.1, 0.15) is 174 Å². The molecule has 3 N–H and O–H groups in total. The van der Waals surface area contributed by atoms with Crippen LogP contribution in [0.2, 0.25) is 0 Å². The molecule has 0 aromatic rings. The van der Waals surface area contributed by atoms with E-state index < -0.39 is 28.0 Å². The lowest BCUT2D eigenvalue weighted by Crippen LogP contribution is -2.46. The first-order chi connectivity index (χ1) is 26.3. The summed E-state index contributed by atoms with van der Waals surface area (Å²) in [5.41, 5.74) is 0. The van der Waals surface area contributed by atoms with Crippen LogP contribution in [0.4, 0.5) is 0 Å². The second-order valence-corrected chi connectivity index (χ2v) is 15.7. The molecule has 0 aromatic heterocycles. The van der Waals surface area contributed by atoms with Gasteiger partial charge < -0.3 is 10.4 Å². The van der Waals surface area contributed by atoms with Crippen LogP contribution in [0.15, 0.2) is 97.2 Å². The zero-order chi connectivity index (χ0) is 39.6. The summed E-state index contributed by atoms with van der Waals surface area (Å²) in [6.45, 7) is 4.40. The first-order valence-corrected chi connectivity index (χ1v) is 23.0. The van der Waals surface area contributed by atoms with Gasteiger partial charge in [0.15, 0.2) is 0 Å². The fourth-order valence-electron chi connectivity index (χ4n) is 5.82. The van der Waals surface area contributed by atoms with Crippen LogP contribution in [0, 0.1) is 0 Å². The second-order valence-electron chi connectivity index (χ2n) is 14.2. The van der Waals surface area contributed by atoms with E-state index in [1.165, 1.54) is 70.3 Å². The Morgan fingerprint density at radius 3 is 1.39 bits per heavy atom. The molecule has 2 unspecified atom stereocenters. The van der Waals surface area contributed by atoms with Crippen LogP contribution >= 0.6 is 0 Å². The first kappa shape index (κ1) is 51.3. The number of aliphatic hydroxyl groups is 1. The summed E-state index contributed by atoms with van der Waals surface area (Å²) in [4.78, 5) is 12.5. The van der Waals surface area contributed by atoms with E-state index in [1.54, 1.807) is 6.08 Å². The Kier molecular flexibility index (Phi) is 37.9. The SMILES string of the molecule is CC/C=C\C/C=C\C/C=C\C/C=C\C/C=C\C/C=C\CCCCCCC(=O)NC(CS(=O)(=O)O)C(O)/C=C/CC/C=C/CCCCCCCCCCCC. The number of rotatable bonds is 37. The molecule has 0 heterocycles. The molecule has 54 heavy (non-hydrogen) atoms. The van der Waals surface area contributed by atoms with Gasteiger partial charge in [0.1, 0.15) is 0 Å². The molecule has 0 bridgehead atoms. The normalized spacial score (nSPS) is 14.2. The Labute approximate surface area is 332 Å². The molecule has 6 nitrogen and oxygen atoms in total. The van der Waals surface area contributed by atoms with Crippen LogP contribution < -0.4 is 5.32 Å². The molecule has 0 spiro atoms. The highest BCUT2D eigenvalue weighted by atomic mass is 32.2. The van der Waals surface area contributed by atoms with E-state index in [0.29, 0.717) is 12.8 Å². The Morgan fingerprint density at radius 1 is 0.519 bits per heavy atom. The molecule has 0 aliphatic rings. The minimum atomic E-state index is -4.37. The standard InChI is InChI=1S/C47H79NO5S/c1-3-5-7-9-11-13-15-17-19-21-22-23-24-25-26-27-29-31-33-35-37-39-41-43-47(50)48-45(44-54(51,52)53)46(49)42-40-38-36-34-32-30-28-20-18-16-14-12-10-8-6-4-2/h5,7,11,13,17,19,22-23,25-26,29,31-32,34,40,42,45-46,49H,3-4,6,8-10,12,14-16,18,20-21,24,27-28,30,33,35-39,41,43-44H2,1-2H3,(H,48,50)(H,51,52,53)/b7-5-,13-11-,19-17-,23-22-,26-25-,31-29-,34-32+,42-40+. The van der Waals surface area contributed by atoms with Gasteiger partial charge in [0.25, 0.3) is 10.1 Å². The summed E-state index contributed by atoms with van der Waals surface area (Å²) >= 11 is 0. The smallest absolute Gasteiger partial charge is 0.267 e. The maximum Gasteiger partial charge on any atom is 0.267 e. The Hall–Kier alpha value is -2.74. The number of allylic oxidation sites excluding steroid dienone is 15. The van der Waals surface area contributed by atoms with Crippen molar-refractivity contribution in [3.05, 3.63) is 97.2 Å². The lowest BCUT2D eigenvalue weighted by Gasteiger charge is -2.21. The summed E-state index contributed by atoms with van der Waals surface area (Å²) in [5.74, 6) is -1.04. The maximum atomic E-state index is 12.5. The van der Waals surface area contributed by atoms with Gasteiger partial charge in [-0.2, -0.15) is 8.42 Å². The van der Waals surface area contributed by atoms with Crippen molar-refractivity contribution in [1.29, 1.82) is 0 Å². The highest BCUT2D eigenvalue weighted by Gasteiger charge is 2.24. The Balaban J connectivity index is 4.04. The number of nitrogens with one attached hydrogen (secondary N) is 1. The van der Waals surface area contributed by atoms with Crippen molar-refractivity contribution in [2.24, 2.45) is 0 Å². The summed E-state index contributed by atoms with van der Waals surface area (Å²) < 4.78 is 32.5. The van der Waals surface area contributed by atoms with E-state index in [9.17, 15) is 22.9 Å². The third-order valence-corrected chi connectivity index (χ3v) is 9.77. The number of unbranched alkanes of at least 4 members (excludes halogenated alkanes) is 15. The van der Waals surface area contributed by atoms with Crippen molar-refractivity contribution < 1.29 is 22.9 Å². The van der Waals surface area contributed by atoms with E-state index in [1.807, 2.05) is 0 Å². The Morgan fingerprint density at radius 2 is 0.907 bits per heavy atom. The minimum absolute atomic E-state index is 0.252. The molecular weight excluding hydrogens is 691 g/mol. The van der Waals surface area contributed by atoms with Crippen LogP contribution in [0.25, 0.3) is 0 Å². The minimum Gasteiger partial charge on any atom is -0.387 e. The number of hydrogen-bond acceptors (Lipinski definition) is 4. The summed E-state index contributed by atoms with van der Waals surface area (Å²) in [5, 5.41) is 13.2. The predicted molar refractivity (Wildman–Crippen MR) is 234 cm³/mol. The number of carbonyl (C=O) groups excluding carboxylic acids is 1. The number of carbonyl (C=O) groups is 1. The molecule has 0 saturated carbocycles. The third kappa shape index (κ3) is 40.4. The van der Waals surface area contributed by atoms with Gasteiger partial charge in [0.05, 0.1) is 17.9 Å². The van der Waals surface area contributed by atoms with Gasteiger partial charge in [-0.3, -0.25) is 9.35 Å². The summed E-state index contributed by atoms with van der Waals surface area (Å²) in [7, 11) is -4.37. The van der Waals surface area contributed by atoms with E-state index in [4.69, 9.17) is 0 Å². The van der Waals surface area contributed by atoms with Crippen molar-refractivity contribution in [3.8, 4) is 0 Å². The molecule has 7 heteroatoms.